The summed E-state index contributed by atoms with van der Waals surface area (Å²) in [5, 5.41) is 9.07. The number of aromatic nitrogens is 2. The molecule has 10 heteroatoms. The van der Waals surface area contributed by atoms with Crippen molar-refractivity contribution in [2.75, 3.05) is 31.5 Å². The number of amides is 1. The summed E-state index contributed by atoms with van der Waals surface area (Å²) in [5.74, 6) is -0.159. The molecule has 1 amide bonds. The Hall–Kier alpha value is -3.63. The lowest BCUT2D eigenvalue weighted by Crippen LogP contribution is -2.50. The van der Waals surface area contributed by atoms with Crippen molar-refractivity contribution in [1.82, 2.24) is 19.6 Å². The zero-order chi connectivity index (χ0) is 27.0. The number of fused-ring (bicyclic) bond motifs is 1. The lowest BCUT2D eigenvalue weighted by atomic mass is 9.96. The number of hydrogen-bond acceptors (Lipinski definition) is 5. The third kappa shape index (κ3) is 5.06. The summed E-state index contributed by atoms with van der Waals surface area (Å²) in [6, 6.07) is 21.9. The second-order valence-corrected chi connectivity index (χ2v) is 10.9. The number of rotatable bonds is 5. The lowest BCUT2D eigenvalue weighted by Gasteiger charge is -2.40. The zero-order valence-corrected chi connectivity index (χ0v) is 21.9. The van der Waals surface area contributed by atoms with Crippen molar-refractivity contribution in [3.05, 3.63) is 106 Å². The first kappa shape index (κ1) is 25.6. The highest BCUT2D eigenvalue weighted by Gasteiger charge is 2.47. The van der Waals surface area contributed by atoms with E-state index in [2.05, 4.69) is 39.6 Å². The molecule has 2 aromatic carbocycles. The highest BCUT2D eigenvalue weighted by molar-refractivity contribution is 7.10. The number of alkyl halides is 3. The first-order valence-corrected chi connectivity index (χ1v) is 13.9. The van der Waals surface area contributed by atoms with Crippen molar-refractivity contribution >= 4 is 23.1 Å². The van der Waals surface area contributed by atoms with E-state index >= 15 is 0 Å². The van der Waals surface area contributed by atoms with Crippen molar-refractivity contribution in [2.24, 2.45) is 0 Å². The Balaban J connectivity index is 1.22. The Morgan fingerprint density at radius 2 is 1.56 bits per heavy atom. The maximum atomic E-state index is 14.0. The van der Waals surface area contributed by atoms with Gasteiger partial charge in [0, 0.05) is 37.5 Å². The summed E-state index contributed by atoms with van der Waals surface area (Å²) in [6.45, 7) is 2.22. The fraction of sp³-hybridized carbons (Fsp3) is 0.310. The number of nitrogens with zero attached hydrogens (tertiary/aromatic N) is 4. The molecule has 2 aliphatic heterocycles. The van der Waals surface area contributed by atoms with Crippen LogP contribution in [0.2, 0.25) is 0 Å². The zero-order valence-electron chi connectivity index (χ0n) is 21.1. The maximum absolute atomic E-state index is 14.0. The lowest BCUT2D eigenvalue weighted by molar-refractivity contribution is -0.173. The minimum Gasteiger partial charge on any atom is -0.362 e. The largest absolute Gasteiger partial charge is 0.410 e. The topological polar surface area (TPSA) is 53.4 Å². The van der Waals surface area contributed by atoms with Crippen LogP contribution in [0.25, 0.3) is 0 Å². The number of benzene rings is 2. The Morgan fingerprint density at radius 1 is 0.923 bits per heavy atom. The molecule has 4 heterocycles. The molecule has 6 rings (SSSR count). The van der Waals surface area contributed by atoms with Gasteiger partial charge in [0.1, 0.15) is 11.4 Å². The van der Waals surface area contributed by atoms with Crippen molar-refractivity contribution in [2.45, 2.75) is 30.7 Å². The summed E-state index contributed by atoms with van der Waals surface area (Å²) in [7, 11) is 0. The van der Waals surface area contributed by atoms with E-state index in [1.54, 1.807) is 4.90 Å². The van der Waals surface area contributed by atoms with Crippen molar-refractivity contribution in [3.63, 3.8) is 0 Å². The number of hydrogen-bond donors (Lipinski definition) is 1. The number of anilines is 1. The second-order valence-electron chi connectivity index (χ2n) is 9.91. The summed E-state index contributed by atoms with van der Waals surface area (Å²) in [4.78, 5) is 18.5. The normalized spacial score (nSPS) is 20.1. The summed E-state index contributed by atoms with van der Waals surface area (Å²) in [5.41, 5.74) is 2.54. The highest BCUT2D eigenvalue weighted by atomic mass is 32.1. The standard InChI is InChI=1S/C29H28F3N5OS/c30-29(31,32)25-18-23(24-12-7-17-39-24)34-27-22(19-33-37(25)27)28(38)36-15-13-35(14-16-36)26(20-8-3-1-4-9-20)21-10-5-2-6-11-21/h1-12,17,19,23,25-26,34H,13-16,18H2/t23-,25-/m1/s1. The quantitative estimate of drug-likeness (QED) is 0.323. The average molecular weight is 552 g/mol. The van der Waals surface area contributed by atoms with Gasteiger partial charge in [-0.3, -0.25) is 9.69 Å². The van der Waals surface area contributed by atoms with Gasteiger partial charge < -0.3 is 10.2 Å². The van der Waals surface area contributed by atoms with Crippen LogP contribution in [0.5, 0.6) is 0 Å². The van der Waals surface area contributed by atoms with Crippen LogP contribution in [0.1, 0.15) is 50.9 Å². The molecule has 202 valence electrons. The number of carbonyl (C=O) groups excluding carboxylic acids is 1. The van der Waals surface area contributed by atoms with Crippen LogP contribution in [0.4, 0.5) is 19.0 Å². The number of thiophene rings is 1. The fourth-order valence-electron chi connectivity index (χ4n) is 5.63. The molecular weight excluding hydrogens is 523 g/mol. The molecule has 0 unspecified atom stereocenters. The average Bonchev–Trinajstić information content (AvgIpc) is 3.64. The molecule has 0 spiro atoms. The molecular formula is C29H28F3N5OS. The molecule has 2 aliphatic rings. The van der Waals surface area contributed by atoms with Gasteiger partial charge in [0.2, 0.25) is 0 Å². The summed E-state index contributed by atoms with van der Waals surface area (Å²) >= 11 is 1.40. The number of nitrogens with one attached hydrogen (secondary N) is 1. The van der Waals surface area contributed by atoms with Gasteiger partial charge >= 0.3 is 6.18 Å². The van der Waals surface area contributed by atoms with Gasteiger partial charge in [-0.05, 0) is 22.6 Å². The third-order valence-electron chi connectivity index (χ3n) is 7.55. The molecule has 4 aromatic rings. The minimum atomic E-state index is -4.48. The SMILES string of the molecule is O=C(c1cnn2c1N[C@@H](c1cccs1)C[C@@H]2C(F)(F)F)N1CCN(C(c2ccccc2)c2ccccc2)CC1. The van der Waals surface area contributed by atoms with Crippen LogP contribution in [0, 0.1) is 0 Å². The van der Waals surface area contributed by atoms with Gasteiger partial charge in [-0.2, -0.15) is 18.3 Å². The molecule has 1 N–H and O–H groups in total. The van der Waals surface area contributed by atoms with E-state index in [0.29, 0.717) is 26.2 Å². The van der Waals surface area contributed by atoms with E-state index in [0.717, 1.165) is 9.56 Å². The molecule has 1 saturated heterocycles. The van der Waals surface area contributed by atoms with Gasteiger partial charge in [-0.15, -0.1) is 11.3 Å². The van der Waals surface area contributed by atoms with Crippen LogP contribution < -0.4 is 5.32 Å². The molecule has 0 radical (unpaired) electrons. The smallest absolute Gasteiger partial charge is 0.362 e. The fourth-order valence-corrected chi connectivity index (χ4v) is 6.42. The third-order valence-corrected chi connectivity index (χ3v) is 8.54. The summed E-state index contributed by atoms with van der Waals surface area (Å²) in [6.07, 6.45) is -3.37. The molecule has 1 fully saturated rings. The van der Waals surface area contributed by atoms with Crippen LogP contribution in [-0.4, -0.2) is 57.8 Å². The van der Waals surface area contributed by atoms with E-state index in [1.165, 1.54) is 28.7 Å². The molecule has 0 bridgehead atoms. The summed E-state index contributed by atoms with van der Waals surface area (Å²) < 4.78 is 43.0. The Kier molecular flexibility index (Phi) is 6.90. The maximum Gasteiger partial charge on any atom is 0.410 e. The van der Waals surface area contributed by atoms with Gasteiger partial charge in [-0.1, -0.05) is 66.7 Å². The van der Waals surface area contributed by atoms with Crippen molar-refractivity contribution in [1.29, 1.82) is 0 Å². The van der Waals surface area contributed by atoms with E-state index in [9.17, 15) is 18.0 Å². The van der Waals surface area contributed by atoms with Crippen LogP contribution in [0.3, 0.4) is 0 Å². The predicted molar refractivity (Wildman–Crippen MR) is 145 cm³/mol. The van der Waals surface area contributed by atoms with E-state index in [1.807, 2.05) is 53.9 Å². The van der Waals surface area contributed by atoms with Crippen LogP contribution in [0.15, 0.2) is 84.4 Å². The van der Waals surface area contributed by atoms with Crippen molar-refractivity contribution < 1.29 is 18.0 Å². The first-order chi connectivity index (χ1) is 18.9. The second kappa shape index (κ2) is 10.5. The Bertz CT molecular complexity index is 1360. The van der Waals surface area contributed by atoms with Crippen LogP contribution >= 0.6 is 11.3 Å². The van der Waals surface area contributed by atoms with E-state index < -0.39 is 18.3 Å². The van der Waals surface area contributed by atoms with Gasteiger partial charge in [0.05, 0.1) is 18.3 Å². The molecule has 39 heavy (non-hydrogen) atoms. The number of halogens is 3. The predicted octanol–water partition coefficient (Wildman–Crippen LogP) is 6.15. The van der Waals surface area contributed by atoms with E-state index in [4.69, 9.17) is 0 Å². The number of piperazine rings is 1. The van der Waals surface area contributed by atoms with Crippen molar-refractivity contribution in [3.8, 4) is 0 Å². The minimum absolute atomic E-state index is 0.0503. The molecule has 0 saturated carbocycles. The first-order valence-electron chi connectivity index (χ1n) is 13.0. The molecule has 2 aromatic heterocycles. The highest BCUT2D eigenvalue weighted by Crippen LogP contribution is 2.45. The van der Waals surface area contributed by atoms with Gasteiger partial charge in [-0.25, -0.2) is 4.68 Å². The molecule has 0 aliphatic carbocycles. The monoisotopic (exact) mass is 551 g/mol. The molecule has 6 nitrogen and oxygen atoms in total. The Morgan fingerprint density at radius 3 is 2.13 bits per heavy atom. The van der Waals surface area contributed by atoms with E-state index in [-0.39, 0.29) is 29.8 Å². The van der Waals surface area contributed by atoms with Gasteiger partial charge in [0.25, 0.3) is 5.91 Å². The molecule has 2 atom stereocenters. The van der Waals surface area contributed by atoms with Crippen LogP contribution in [-0.2, 0) is 0 Å². The number of carbonyl (C=O) groups is 1. The van der Waals surface area contributed by atoms with Gasteiger partial charge in [0.15, 0.2) is 6.04 Å². The Labute approximate surface area is 228 Å².